The van der Waals surface area contributed by atoms with Crippen molar-refractivity contribution in [2.24, 2.45) is 11.8 Å². The Morgan fingerprint density at radius 2 is 2.17 bits per heavy atom. The predicted molar refractivity (Wildman–Crippen MR) is 74.4 cm³/mol. The Labute approximate surface area is 111 Å². The standard InChI is InChI=1S/C15H28N2O/c1-12(2)14-6-4-10-17(14)15(18)8-7-13-5-3-9-16-11-13/h12-14,16H,3-11H2,1-2H3. The molecule has 0 aromatic rings. The lowest BCUT2D eigenvalue weighted by molar-refractivity contribution is -0.133. The highest BCUT2D eigenvalue weighted by atomic mass is 16.2. The molecule has 2 aliphatic rings. The fourth-order valence-electron chi connectivity index (χ4n) is 3.44. The van der Waals surface area contributed by atoms with Crippen molar-refractivity contribution in [1.82, 2.24) is 10.2 Å². The lowest BCUT2D eigenvalue weighted by atomic mass is 9.94. The second-order valence-corrected chi connectivity index (χ2v) is 6.29. The van der Waals surface area contributed by atoms with E-state index in [2.05, 4.69) is 24.1 Å². The average molecular weight is 252 g/mol. The van der Waals surface area contributed by atoms with E-state index in [-0.39, 0.29) is 0 Å². The third-order valence-corrected chi connectivity index (χ3v) is 4.55. The molecule has 0 aromatic carbocycles. The molecule has 2 atom stereocenters. The summed E-state index contributed by atoms with van der Waals surface area (Å²) in [6, 6.07) is 0.502. The Bertz CT molecular complexity index is 272. The van der Waals surface area contributed by atoms with Gasteiger partial charge in [-0.15, -0.1) is 0 Å². The molecule has 3 nitrogen and oxygen atoms in total. The molecule has 0 saturated carbocycles. The Balaban J connectivity index is 1.76. The molecule has 0 aliphatic carbocycles. The van der Waals surface area contributed by atoms with Crippen molar-refractivity contribution < 1.29 is 4.79 Å². The van der Waals surface area contributed by atoms with Crippen molar-refractivity contribution >= 4 is 5.91 Å². The molecule has 3 heteroatoms. The zero-order valence-electron chi connectivity index (χ0n) is 12.0. The van der Waals surface area contributed by atoms with Crippen LogP contribution < -0.4 is 5.32 Å². The largest absolute Gasteiger partial charge is 0.339 e. The first-order valence-corrected chi connectivity index (χ1v) is 7.68. The first-order chi connectivity index (χ1) is 8.68. The molecule has 1 amide bonds. The van der Waals surface area contributed by atoms with E-state index in [1.54, 1.807) is 0 Å². The minimum absolute atomic E-state index is 0.400. The number of nitrogens with one attached hydrogen (secondary N) is 1. The normalized spacial score (nSPS) is 28.9. The van der Waals surface area contributed by atoms with Gasteiger partial charge in [0.05, 0.1) is 0 Å². The number of hydrogen-bond donors (Lipinski definition) is 1. The van der Waals surface area contributed by atoms with Gasteiger partial charge in [-0.1, -0.05) is 13.8 Å². The van der Waals surface area contributed by atoms with E-state index < -0.39 is 0 Å². The number of hydrogen-bond acceptors (Lipinski definition) is 2. The molecule has 0 radical (unpaired) electrons. The van der Waals surface area contributed by atoms with Crippen LogP contribution in [0.1, 0.15) is 52.4 Å². The van der Waals surface area contributed by atoms with Gasteiger partial charge in [-0.05, 0) is 57.0 Å². The van der Waals surface area contributed by atoms with Crippen LogP contribution in [-0.4, -0.2) is 36.5 Å². The van der Waals surface area contributed by atoms with Crippen LogP contribution in [-0.2, 0) is 4.79 Å². The number of amides is 1. The minimum Gasteiger partial charge on any atom is -0.339 e. The Morgan fingerprint density at radius 1 is 1.33 bits per heavy atom. The van der Waals surface area contributed by atoms with Gasteiger partial charge in [0.2, 0.25) is 5.91 Å². The summed E-state index contributed by atoms with van der Waals surface area (Å²) in [7, 11) is 0. The SMILES string of the molecule is CC(C)C1CCCN1C(=O)CCC1CCCNC1. The van der Waals surface area contributed by atoms with Crippen LogP contribution in [0.5, 0.6) is 0 Å². The van der Waals surface area contributed by atoms with Crippen molar-refractivity contribution in [3.05, 3.63) is 0 Å². The molecule has 2 rings (SSSR count). The highest BCUT2D eigenvalue weighted by Crippen LogP contribution is 2.25. The fourth-order valence-corrected chi connectivity index (χ4v) is 3.44. The van der Waals surface area contributed by atoms with Crippen LogP contribution in [0, 0.1) is 11.8 Å². The van der Waals surface area contributed by atoms with Crippen molar-refractivity contribution in [2.45, 2.75) is 58.4 Å². The topological polar surface area (TPSA) is 32.3 Å². The maximum Gasteiger partial charge on any atom is 0.222 e. The zero-order valence-corrected chi connectivity index (χ0v) is 12.0. The monoisotopic (exact) mass is 252 g/mol. The summed E-state index contributed by atoms with van der Waals surface area (Å²) in [6.45, 7) is 7.74. The van der Waals surface area contributed by atoms with Crippen molar-refractivity contribution in [3.8, 4) is 0 Å². The van der Waals surface area contributed by atoms with Gasteiger partial charge in [-0.3, -0.25) is 4.79 Å². The van der Waals surface area contributed by atoms with Gasteiger partial charge >= 0.3 is 0 Å². The molecular formula is C15H28N2O. The van der Waals surface area contributed by atoms with E-state index in [1.165, 1.54) is 25.7 Å². The Kier molecular flexibility index (Phi) is 5.04. The molecule has 2 aliphatic heterocycles. The van der Waals surface area contributed by atoms with Gasteiger partial charge in [0.25, 0.3) is 0 Å². The summed E-state index contributed by atoms with van der Waals surface area (Å²) in [4.78, 5) is 14.5. The van der Waals surface area contributed by atoms with Gasteiger partial charge in [0.1, 0.15) is 0 Å². The lowest BCUT2D eigenvalue weighted by Gasteiger charge is -2.29. The van der Waals surface area contributed by atoms with Crippen LogP contribution in [0.25, 0.3) is 0 Å². The van der Waals surface area contributed by atoms with Crippen LogP contribution in [0.3, 0.4) is 0 Å². The average Bonchev–Trinajstić information content (AvgIpc) is 2.86. The van der Waals surface area contributed by atoms with E-state index in [1.807, 2.05) is 0 Å². The molecule has 2 fully saturated rings. The number of rotatable bonds is 4. The molecule has 104 valence electrons. The molecule has 2 unspecified atom stereocenters. The minimum atomic E-state index is 0.400. The van der Waals surface area contributed by atoms with E-state index in [0.717, 1.165) is 38.4 Å². The first kappa shape index (κ1) is 13.9. The van der Waals surface area contributed by atoms with Gasteiger partial charge in [0.15, 0.2) is 0 Å². The molecule has 1 N–H and O–H groups in total. The summed E-state index contributed by atoms with van der Waals surface area (Å²) in [5.41, 5.74) is 0. The van der Waals surface area contributed by atoms with Gasteiger partial charge in [-0.2, -0.15) is 0 Å². The van der Waals surface area contributed by atoms with E-state index >= 15 is 0 Å². The molecule has 0 aromatic heterocycles. The Morgan fingerprint density at radius 3 is 2.83 bits per heavy atom. The van der Waals surface area contributed by atoms with Crippen LogP contribution in [0.4, 0.5) is 0 Å². The summed E-state index contributed by atoms with van der Waals surface area (Å²) in [5, 5.41) is 3.43. The quantitative estimate of drug-likeness (QED) is 0.833. The van der Waals surface area contributed by atoms with E-state index in [9.17, 15) is 4.79 Å². The highest BCUT2D eigenvalue weighted by molar-refractivity contribution is 5.76. The van der Waals surface area contributed by atoms with E-state index in [0.29, 0.717) is 17.9 Å². The maximum atomic E-state index is 12.3. The molecular weight excluding hydrogens is 224 g/mol. The number of likely N-dealkylation sites (tertiary alicyclic amines) is 1. The van der Waals surface area contributed by atoms with Gasteiger partial charge in [-0.25, -0.2) is 0 Å². The lowest BCUT2D eigenvalue weighted by Crippen LogP contribution is -2.39. The van der Waals surface area contributed by atoms with Crippen molar-refractivity contribution in [2.75, 3.05) is 19.6 Å². The number of nitrogens with zero attached hydrogens (tertiary/aromatic N) is 1. The van der Waals surface area contributed by atoms with Gasteiger partial charge < -0.3 is 10.2 Å². The van der Waals surface area contributed by atoms with Gasteiger partial charge in [0, 0.05) is 19.0 Å². The number of piperidine rings is 1. The molecule has 18 heavy (non-hydrogen) atoms. The smallest absolute Gasteiger partial charge is 0.222 e. The van der Waals surface area contributed by atoms with Crippen LogP contribution >= 0.6 is 0 Å². The van der Waals surface area contributed by atoms with Crippen molar-refractivity contribution in [3.63, 3.8) is 0 Å². The summed E-state index contributed by atoms with van der Waals surface area (Å²) in [6.07, 6.45) is 6.81. The Hall–Kier alpha value is -0.570. The predicted octanol–water partition coefficient (Wildman–Crippen LogP) is 2.41. The summed E-state index contributed by atoms with van der Waals surface area (Å²) < 4.78 is 0. The molecule has 2 saturated heterocycles. The molecule has 0 spiro atoms. The summed E-state index contributed by atoms with van der Waals surface area (Å²) in [5.74, 6) is 1.73. The molecule has 0 bridgehead atoms. The van der Waals surface area contributed by atoms with Crippen molar-refractivity contribution in [1.29, 1.82) is 0 Å². The first-order valence-electron chi connectivity index (χ1n) is 7.68. The van der Waals surface area contributed by atoms with Crippen LogP contribution in [0.15, 0.2) is 0 Å². The third-order valence-electron chi connectivity index (χ3n) is 4.55. The number of carbonyl (C=O) groups is 1. The second kappa shape index (κ2) is 6.55. The zero-order chi connectivity index (χ0) is 13.0. The third kappa shape index (κ3) is 3.47. The highest BCUT2D eigenvalue weighted by Gasteiger charge is 2.30. The maximum absolute atomic E-state index is 12.3. The van der Waals surface area contributed by atoms with E-state index in [4.69, 9.17) is 0 Å². The summed E-state index contributed by atoms with van der Waals surface area (Å²) >= 11 is 0. The van der Waals surface area contributed by atoms with Crippen LogP contribution in [0.2, 0.25) is 0 Å². The second-order valence-electron chi connectivity index (χ2n) is 6.29. The number of carbonyl (C=O) groups excluding carboxylic acids is 1. The molecule has 2 heterocycles. The fraction of sp³-hybridized carbons (Fsp3) is 0.933.